The molecular formula is C23H30. The highest BCUT2D eigenvalue weighted by Crippen LogP contribution is 2.65. The predicted octanol–water partition coefficient (Wildman–Crippen LogP) is 6.26. The predicted molar refractivity (Wildman–Crippen MR) is 97.1 cm³/mol. The first-order valence-electron chi connectivity index (χ1n) is 9.89. The van der Waals surface area contributed by atoms with Gasteiger partial charge in [0.1, 0.15) is 0 Å². The lowest BCUT2D eigenvalue weighted by atomic mass is 9.47. The van der Waals surface area contributed by atoms with Gasteiger partial charge >= 0.3 is 0 Å². The van der Waals surface area contributed by atoms with Crippen molar-refractivity contribution in [2.45, 2.75) is 65.2 Å². The summed E-state index contributed by atoms with van der Waals surface area (Å²) in [7, 11) is 0. The van der Waals surface area contributed by atoms with Gasteiger partial charge < -0.3 is 0 Å². The molecule has 23 heavy (non-hydrogen) atoms. The number of rotatable bonds is 0. The molecule has 3 saturated carbocycles. The molecule has 0 nitrogen and oxygen atoms in total. The molecule has 0 heteroatoms. The van der Waals surface area contributed by atoms with E-state index >= 15 is 0 Å². The van der Waals surface area contributed by atoms with Gasteiger partial charge in [0.25, 0.3) is 0 Å². The Labute approximate surface area is 141 Å². The van der Waals surface area contributed by atoms with Crippen molar-refractivity contribution < 1.29 is 0 Å². The van der Waals surface area contributed by atoms with Gasteiger partial charge in [-0.3, -0.25) is 0 Å². The Bertz CT molecular complexity index is 668. The van der Waals surface area contributed by atoms with Gasteiger partial charge in [0.05, 0.1) is 0 Å². The Hall–Kier alpha value is -1.04. The molecule has 0 radical (unpaired) electrons. The first kappa shape index (κ1) is 14.3. The molecule has 0 N–H and O–H groups in total. The van der Waals surface area contributed by atoms with Gasteiger partial charge in [0.15, 0.2) is 0 Å². The van der Waals surface area contributed by atoms with Crippen LogP contribution in [0, 0.1) is 28.6 Å². The summed E-state index contributed by atoms with van der Waals surface area (Å²) < 4.78 is 0. The number of hydrogen-bond donors (Lipinski definition) is 0. The third kappa shape index (κ3) is 1.90. The van der Waals surface area contributed by atoms with Gasteiger partial charge in [-0.15, -0.1) is 0 Å². The quantitative estimate of drug-likeness (QED) is 0.530. The van der Waals surface area contributed by atoms with Crippen LogP contribution in [-0.2, 0) is 6.42 Å². The number of fused-ring (bicyclic) bond motifs is 6. The van der Waals surface area contributed by atoms with E-state index in [0.29, 0.717) is 10.8 Å². The van der Waals surface area contributed by atoms with Gasteiger partial charge in [0, 0.05) is 0 Å². The van der Waals surface area contributed by atoms with Crippen LogP contribution < -0.4 is 0 Å². The average Bonchev–Trinajstić information content (AvgIpc) is 2.94. The minimum absolute atomic E-state index is 0.446. The molecule has 0 bridgehead atoms. The van der Waals surface area contributed by atoms with Crippen LogP contribution in [0.2, 0.25) is 0 Å². The molecule has 4 aliphatic rings. The van der Waals surface area contributed by atoms with Crippen molar-refractivity contribution in [3.63, 3.8) is 0 Å². The van der Waals surface area contributed by atoms with Crippen LogP contribution in [0.1, 0.15) is 69.9 Å². The molecule has 0 spiro atoms. The van der Waals surface area contributed by atoms with E-state index in [-0.39, 0.29) is 0 Å². The van der Waals surface area contributed by atoms with Gasteiger partial charge in [-0.05, 0) is 84.7 Å². The van der Waals surface area contributed by atoms with Gasteiger partial charge in [0.2, 0.25) is 0 Å². The first-order chi connectivity index (χ1) is 11.1. The van der Waals surface area contributed by atoms with E-state index in [1.54, 1.807) is 11.1 Å². The van der Waals surface area contributed by atoms with Gasteiger partial charge in [-0.2, -0.15) is 0 Å². The number of allylic oxidation sites excluding steroid dienone is 1. The van der Waals surface area contributed by atoms with E-state index < -0.39 is 0 Å². The maximum absolute atomic E-state index is 2.62. The molecule has 0 amide bonds. The van der Waals surface area contributed by atoms with Crippen molar-refractivity contribution in [1.29, 1.82) is 0 Å². The standard InChI is InChI=1S/C23H30/c1-22-12-5-8-20(22)19-10-9-18-14-16-6-3-4-7-17(16)15-23(18,2)21(19)11-13-22/h3-4,6-7,14,19-21H,5,8-13,15H2,1-2H3/t19?,20?,21?,22?,23-/m0/s1. The van der Waals surface area contributed by atoms with E-state index in [2.05, 4.69) is 44.2 Å². The Morgan fingerprint density at radius 2 is 1.83 bits per heavy atom. The smallest absolute Gasteiger partial charge is 0.00415 e. The van der Waals surface area contributed by atoms with Crippen molar-refractivity contribution in [3.8, 4) is 0 Å². The lowest BCUT2D eigenvalue weighted by Gasteiger charge is -2.57. The minimum Gasteiger partial charge on any atom is -0.0631 e. The Morgan fingerprint density at radius 3 is 2.74 bits per heavy atom. The zero-order valence-electron chi connectivity index (χ0n) is 14.8. The molecule has 0 aliphatic heterocycles. The van der Waals surface area contributed by atoms with E-state index in [1.165, 1.54) is 56.9 Å². The van der Waals surface area contributed by atoms with Gasteiger partial charge in [-0.1, -0.05) is 56.2 Å². The van der Waals surface area contributed by atoms with Crippen LogP contribution in [-0.4, -0.2) is 0 Å². The molecule has 0 aromatic heterocycles. The Kier molecular flexibility index (Phi) is 2.95. The molecular weight excluding hydrogens is 276 g/mol. The maximum Gasteiger partial charge on any atom is -0.00415 e. The lowest BCUT2D eigenvalue weighted by Crippen LogP contribution is -2.49. The summed E-state index contributed by atoms with van der Waals surface area (Å²) in [4.78, 5) is 0. The van der Waals surface area contributed by atoms with Crippen LogP contribution in [0.4, 0.5) is 0 Å². The van der Waals surface area contributed by atoms with Crippen LogP contribution in [0.5, 0.6) is 0 Å². The summed E-state index contributed by atoms with van der Waals surface area (Å²) in [6.45, 7) is 5.23. The van der Waals surface area contributed by atoms with E-state index in [0.717, 1.165) is 17.8 Å². The largest absolute Gasteiger partial charge is 0.0631 e. The average molecular weight is 306 g/mol. The zero-order valence-corrected chi connectivity index (χ0v) is 14.8. The summed E-state index contributed by atoms with van der Waals surface area (Å²) in [6, 6.07) is 9.13. The fourth-order valence-electron chi connectivity index (χ4n) is 7.22. The minimum atomic E-state index is 0.446. The Morgan fingerprint density at radius 1 is 0.957 bits per heavy atom. The van der Waals surface area contributed by atoms with Crippen LogP contribution in [0.25, 0.3) is 6.08 Å². The second kappa shape index (κ2) is 4.74. The molecule has 0 heterocycles. The molecule has 0 saturated heterocycles. The highest BCUT2D eigenvalue weighted by atomic mass is 14.6. The SMILES string of the molecule is CC12CCCC1C1CCC3=Cc4ccccc4C[C@]3(C)C1CC2. The lowest BCUT2D eigenvalue weighted by molar-refractivity contribution is -0.0304. The number of hydrogen-bond acceptors (Lipinski definition) is 0. The Balaban J connectivity index is 1.55. The molecule has 5 rings (SSSR count). The normalized spacial score (nSPS) is 44.6. The van der Waals surface area contributed by atoms with E-state index in [9.17, 15) is 0 Å². The highest BCUT2D eigenvalue weighted by molar-refractivity contribution is 5.62. The monoisotopic (exact) mass is 306 g/mol. The van der Waals surface area contributed by atoms with Crippen LogP contribution in [0.15, 0.2) is 29.8 Å². The third-order valence-corrected chi connectivity index (χ3v) is 8.46. The summed E-state index contributed by atoms with van der Waals surface area (Å²) in [5.74, 6) is 2.97. The second-order valence-electron chi connectivity index (χ2n) is 9.46. The van der Waals surface area contributed by atoms with Crippen molar-refractivity contribution in [2.24, 2.45) is 28.6 Å². The number of benzene rings is 1. The molecule has 3 fully saturated rings. The first-order valence-corrected chi connectivity index (χ1v) is 9.89. The van der Waals surface area contributed by atoms with Crippen molar-refractivity contribution in [3.05, 3.63) is 41.0 Å². The summed E-state index contributed by atoms with van der Waals surface area (Å²) in [5.41, 5.74) is 6.00. The highest BCUT2D eigenvalue weighted by Gasteiger charge is 2.55. The third-order valence-electron chi connectivity index (χ3n) is 8.46. The van der Waals surface area contributed by atoms with E-state index in [1.807, 2.05) is 0 Å². The fraction of sp³-hybridized carbons (Fsp3) is 0.652. The maximum atomic E-state index is 2.62. The molecule has 1 aromatic rings. The molecule has 122 valence electrons. The zero-order chi connectivity index (χ0) is 15.7. The van der Waals surface area contributed by atoms with Crippen molar-refractivity contribution >= 4 is 6.08 Å². The summed E-state index contributed by atoms with van der Waals surface area (Å²) in [5, 5.41) is 0. The topological polar surface area (TPSA) is 0 Å². The summed E-state index contributed by atoms with van der Waals surface area (Å²) in [6.07, 6.45) is 14.2. The van der Waals surface area contributed by atoms with Crippen molar-refractivity contribution in [1.82, 2.24) is 0 Å². The van der Waals surface area contributed by atoms with Gasteiger partial charge in [-0.25, -0.2) is 0 Å². The van der Waals surface area contributed by atoms with Crippen LogP contribution in [0.3, 0.4) is 0 Å². The summed E-state index contributed by atoms with van der Waals surface area (Å²) >= 11 is 0. The molecule has 1 aromatic carbocycles. The molecule has 5 atom stereocenters. The second-order valence-corrected chi connectivity index (χ2v) is 9.46. The van der Waals surface area contributed by atoms with E-state index in [4.69, 9.17) is 0 Å². The van der Waals surface area contributed by atoms with Crippen LogP contribution >= 0.6 is 0 Å². The van der Waals surface area contributed by atoms with Crippen molar-refractivity contribution in [2.75, 3.05) is 0 Å². The molecule has 4 unspecified atom stereocenters. The fourth-order valence-corrected chi connectivity index (χ4v) is 7.22. The molecule has 4 aliphatic carbocycles.